The molecule has 0 saturated carbocycles. The van der Waals surface area contributed by atoms with Crippen LogP contribution in [0.1, 0.15) is 12.5 Å². The second-order valence-electron chi connectivity index (χ2n) is 6.29. The monoisotopic (exact) mass is 477 g/mol. The van der Waals surface area contributed by atoms with Gasteiger partial charge in [0.15, 0.2) is 10.1 Å². The van der Waals surface area contributed by atoms with E-state index >= 15 is 0 Å². The molecule has 0 radical (unpaired) electrons. The smallest absolute Gasteiger partial charge is 0.296 e. The van der Waals surface area contributed by atoms with Gasteiger partial charge in [0.2, 0.25) is 0 Å². The maximum absolute atomic E-state index is 13.0. The van der Waals surface area contributed by atoms with Crippen LogP contribution in [0.25, 0.3) is 10.2 Å². The Bertz CT molecular complexity index is 1130. The van der Waals surface area contributed by atoms with Crippen molar-refractivity contribution in [1.29, 1.82) is 0 Å². The average molecular weight is 478 g/mol. The first kappa shape index (κ1) is 23.5. The molecule has 11 heteroatoms. The molecule has 0 fully saturated rings. The summed E-state index contributed by atoms with van der Waals surface area (Å²) in [6.07, 6.45) is 0.746. The Morgan fingerprint density at radius 2 is 2.03 bits per heavy atom. The molecule has 8 nitrogen and oxygen atoms in total. The van der Waals surface area contributed by atoms with Crippen LogP contribution in [0.3, 0.4) is 0 Å². The van der Waals surface area contributed by atoms with E-state index in [4.69, 9.17) is 9.57 Å². The van der Waals surface area contributed by atoms with Crippen LogP contribution in [-0.2, 0) is 21.0 Å². The Hall–Kier alpha value is -3.15. The normalized spacial score (nSPS) is 11.4. The minimum absolute atomic E-state index is 0.00516. The first-order valence-corrected chi connectivity index (χ1v) is 11.0. The molecule has 2 amide bonds. The highest BCUT2D eigenvalue weighted by molar-refractivity contribution is 7.99. The summed E-state index contributed by atoms with van der Waals surface area (Å²) < 4.78 is 22.4. The number of hydroxylamine groups is 2. The zero-order valence-corrected chi connectivity index (χ0v) is 18.8. The standard InChI is InChI=1S/C21H20FN3O5S2/c1-3-30-15-8-9-16-18(10-15)31-21(23-16)32-24-20(28)17(26)11-19(27)25(29-2)12-13-4-6-14(22)7-5-13/h4-11,26H,3,12H2,1-2H3,(H,24,28)/b17-11-. The number of hydrogen-bond acceptors (Lipinski definition) is 8. The van der Waals surface area contributed by atoms with E-state index in [1.54, 1.807) is 0 Å². The third-order valence-electron chi connectivity index (χ3n) is 4.08. The highest BCUT2D eigenvalue weighted by Gasteiger charge is 2.17. The molecule has 0 aliphatic carbocycles. The molecule has 0 spiro atoms. The molecule has 3 aromatic rings. The summed E-state index contributed by atoms with van der Waals surface area (Å²) in [5.74, 6) is -2.08. The van der Waals surface area contributed by atoms with E-state index < -0.39 is 23.4 Å². The number of ether oxygens (including phenoxy) is 1. The fraction of sp³-hybridized carbons (Fsp3) is 0.190. The Kier molecular flexibility index (Phi) is 8.03. The van der Waals surface area contributed by atoms with Crippen LogP contribution in [0.5, 0.6) is 5.75 Å². The quantitative estimate of drug-likeness (QED) is 0.208. The second-order valence-corrected chi connectivity index (χ2v) is 8.37. The van der Waals surface area contributed by atoms with Gasteiger partial charge in [-0.15, -0.1) is 11.3 Å². The minimum Gasteiger partial charge on any atom is -0.503 e. The predicted molar refractivity (Wildman–Crippen MR) is 119 cm³/mol. The number of benzene rings is 2. The Labute approximate surface area is 191 Å². The first-order chi connectivity index (χ1) is 15.4. The summed E-state index contributed by atoms with van der Waals surface area (Å²) >= 11 is 2.27. The number of nitrogens with one attached hydrogen (secondary N) is 1. The number of nitrogens with zero attached hydrogens (tertiary/aromatic N) is 2. The van der Waals surface area contributed by atoms with Crippen molar-refractivity contribution in [2.24, 2.45) is 0 Å². The molecule has 32 heavy (non-hydrogen) atoms. The number of carbonyl (C=O) groups is 2. The molecule has 1 heterocycles. The molecule has 2 N–H and O–H groups in total. The van der Waals surface area contributed by atoms with Gasteiger partial charge in [-0.3, -0.25) is 19.1 Å². The lowest BCUT2D eigenvalue weighted by Gasteiger charge is -2.18. The summed E-state index contributed by atoms with van der Waals surface area (Å²) in [5.41, 5.74) is 1.36. The number of aliphatic hydroxyl groups is 1. The van der Waals surface area contributed by atoms with Gasteiger partial charge in [-0.05, 0) is 42.8 Å². The SMILES string of the molecule is CCOc1ccc2nc(SNC(=O)/C(O)=C/C(=O)N(Cc3ccc(F)cc3)OC)sc2c1. The summed E-state index contributed by atoms with van der Waals surface area (Å²) in [7, 11) is 1.27. The largest absolute Gasteiger partial charge is 0.503 e. The third-order valence-corrected chi connectivity index (χ3v) is 5.95. The molecule has 3 rings (SSSR count). The van der Waals surface area contributed by atoms with Crippen molar-refractivity contribution in [2.75, 3.05) is 13.7 Å². The van der Waals surface area contributed by atoms with Crippen molar-refractivity contribution in [3.05, 3.63) is 65.7 Å². The van der Waals surface area contributed by atoms with Gasteiger partial charge < -0.3 is 9.84 Å². The van der Waals surface area contributed by atoms with Crippen molar-refractivity contribution < 1.29 is 28.7 Å². The van der Waals surface area contributed by atoms with Gasteiger partial charge in [0.05, 0.1) is 36.6 Å². The Morgan fingerprint density at radius 3 is 2.72 bits per heavy atom. The lowest BCUT2D eigenvalue weighted by Crippen LogP contribution is -2.29. The highest BCUT2D eigenvalue weighted by atomic mass is 32.2. The van der Waals surface area contributed by atoms with Crippen LogP contribution in [-0.4, -0.2) is 40.7 Å². The van der Waals surface area contributed by atoms with Crippen molar-refractivity contribution in [1.82, 2.24) is 14.8 Å². The summed E-state index contributed by atoms with van der Waals surface area (Å²) in [6.45, 7) is 2.45. The van der Waals surface area contributed by atoms with Gasteiger partial charge >= 0.3 is 0 Å². The predicted octanol–water partition coefficient (Wildman–Crippen LogP) is 3.99. The van der Waals surface area contributed by atoms with Crippen molar-refractivity contribution in [3.8, 4) is 5.75 Å². The van der Waals surface area contributed by atoms with E-state index in [0.717, 1.165) is 39.1 Å². The molecule has 0 saturated heterocycles. The Morgan fingerprint density at radius 1 is 1.28 bits per heavy atom. The van der Waals surface area contributed by atoms with Crippen LogP contribution >= 0.6 is 23.3 Å². The molecular weight excluding hydrogens is 457 g/mol. The number of aromatic nitrogens is 1. The van der Waals surface area contributed by atoms with Crippen LogP contribution in [0, 0.1) is 5.82 Å². The summed E-state index contributed by atoms with van der Waals surface area (Å²) in [5, 5.41) is 10.9. The number of thiazole rings is 1. The van der Waals surface area contributed by atoms with Gasteiger partial charge in [-0.1, -0.05) is 12.1 Å². The zero-order valence-electron chi connectivity index (χ0n) is 17.2. The summed E-state index contributed by atoms with van der Waals surface area (Å²) in [4.78, 5) is 33.9. The molecule has 0 aliphatic heterocycles. The molecular formula is C21H20FN3O5S2. The van der Waals surface area contributed by atoms with Crippen LogP contribution in [0.4, 0.5) is 4.39 Å². The fourth-order valence-electron chi connectivity index (χ4n) is 2.57. The number of carbonyl (C=O) groups excluding carboxylic acids is 2. The van der Waals surface area contributed by atoms with Gasteiger partial charge in [0.1, 0.15) is 11.6 Å². The zero-order chi connectivity index (χ0) is 23.1. The molecule has 0 aliphatic rings. The van der Waals surface area contributed by atoms with E-state index in [9.17, 15) is 19.1 Å². The van der Waals surface area contributed by atoms with E-state index in [2.05, 4.69) is 9.71 Å². The van der Waals surface area contributed by atoms with E-state index in [1.807, 2.05) is 25.1 Å². The molecule has 0 bridgehead atoms. The van der Waals surface area contributed by atoms with Crippen molar-refractivity contribution >= 4 is 45.3 Å². The van der Waals surface area contributed by atoms with Crippen LogP contribution in [0.15, 0.2) is 58.6 Å². The lowest BCUT2D eigenvalue weighted by molar-refractivity contribution is -0.173. The van der Waals surface area contributed by atoms with E-state index in [0.29, 0.717) is 16.5 Å². The molecule has 1 aromatic heterocycles. The first-order valence-electron chi connectivity index (χ1n) is 9.41. The molecule has 168 valence electrons. The number of halogens is 1. The number of amides is 2. The van der Waals surface area contributed by atoms with Gasteiger partial charge in [0.25, 0.3) is 11.8 Å². The number of rotatable bonds is 9. The maximum atomic E-state index is 13.0. The number of fused-ring (bicyclic) bond motifs is 1. The maximum Gasteiger partial charge on any atom is 0.296 e. The van der Waals surface area contributed by atoms with Crippen molar-refractivity contribution in [3.63, 3.8) is 0 Å². The van der Waals surface area contributed by atoms with E-state index in [-0.39, 0.29) is 6.54 Å². The summed E-state index contributed by atoms with van der Waals surface area (Å²) in [6, 6.07) is 11.0. The van der Waals surface area contributed by atoms with Crippen LogP contribution in [0.2, 0.25) is 0 Å². The van der Waals surface area contributed by atoms with Gasteiger partial charge in [-0.2, -0.15) is 0 Å². The van der Waals surface area contributed by atoms with Crippen LogP contribution < -0.4 is 9.46 Å². The molecule has 0 atom stereocenters. The highest BCUT2D eigenvalue weighted by Crippen LogP contribution is 2.30. The lowest BCUT2D eigenvalue weighted by atomic mass is 10.2. The molecule has 2 aromatic carbocycles. The minimum atomic E-state index is -0.865. The van der Waals surface area contributed by atoms with Gasteiger partial charge in [0, 0.05) is 11.9 Å². The topological polar surface area (TPSA) is 101 Å². The third kappa shape index (κ3) is 6.19. The number of aliphatic hydroxyl groups excluding tert-OH is 1. The molecule has 0 unspecified atom stereocenters. The average Bonchev–Trinajstić information content (AvgIpc) is 3.19. The van der Waals surface area contributed by atoms with E-state index in [1.165, 1.54) is 42.7 Å². The Balaban J connectivity index is 1.59. The van der Waals surface area contributed by atoms with Crippen molar-refractivity contribution in [2.45, 2.75) is 17.8 Å². The fourth-order valence-corrected chi connectivity index (χ4v) is 4.28. The number of hydrogen-bond donors (Lipinski definition) is 2. The van der Waals surface area contributed by atoms with Gasteiger partial charge in [-0.25, -0.2) is 14.4 Å². The second kappa shape index (κ2) is 10.9.